The quantitative estimate of drug-likeness (QED) is 0.729. The number of piperidine rings is 1. The van der Waals surface area contributed by atoms with Crippen LogP contribution in [0.1, 0.15) is 39.5 Å². The van der Waals surface area contributed by atoms with Crippen molar-refractivity contribution in [1.29, 1.82) is 0 Å². The molecule has 1 fully saturated rings. The van der Waals surface area contributed by atoms with Crippen molar-refractivity contribution in [2.45, 2.75) is 45.1 Å². The summed E-state index contributed by atoms with van der Waals surface area (Å²) in [6.07, 6.45) is 4.02. The monoisotopic (exact) mass is 306 g/mol. The number of rotatable bonds is 7. The molecule has 7 heteroatoms. The number of carboxylic acids is 1. The molecule has 6 nitrogen and oxygen atoms in total. The van der Waals surface area contributed by atoms with Gasteiger partial charge in [-0.3, -0.25) is 4.79 Å². The van der Waals surface area contributed by atoms with Gasteiger partial charge in [-0.25, -0.2) is 12.7 Å². The molecule has 1 rings (SSSR count). The summed E-state index contributed by atoms with van der Waals surface area (Å²) in [6, 6.07) is 0. The van der Waals surface area contributed by atoms with Crippen molar-refractivity contribution < 1.29 is 18.3 Å². The average molecular weight is 306 g/mol. The zero-order valence-electron chi connectivity index (χ0n) is 12.6. The summed E-state index contributed by atoms with van der Waals surface area (Å²) >= 11 is 0. The van der Waals surface area contributed by atoms with E-state index in [1.807, 2.05) is 13.8 Å². The fourth-order valence-corrected chi connectivity index (χ4v) is 3.65. The lowest BCUT2D eigenvalue weighted by atomic mass is 9.91. The molecule has 1 unspecified atom stereocenters. The van der Waals surface area contributed by atoms with Crippen LogP contribution in [-0.4, -0.2) is 55.2 Å². The van der Waals surface area contributed by atoms with Gasteiger partial charge in [0.05, 0.1) is 6.26 Å². The Balaban J connectivity index is 2.63. The van der Waals surface area contributed by atoms with E-state index >= 15 is 0 Å². The second kappa shape index (κ2) is 6.87. The SMILES string of the molecule is CCC(CC)(NCC1CCCN(S(C)(=O)=O)C1)C(=O)O. The number of carbonyl (C=O) groups is 1. The van der Waals surface area contributed by atoms with Crippen molar-refractivity contribution in [3.05, 3.63) is 0 Å². The summed E-state index contributed by atoms with van der Waals surface area (Å²) in [5, 5.41) is 12.5. The van der Waals surface area contributed by atoms with Crippen LogP contribution in [0.25, 0.3) is 0 Å². The molecular formula is C13H26N2O4S. The molecule has 0 aromatic rings. The molecule has 0 radical (unpaired) electrons. The van der Waals surface area contributed by atoms with Crippen molar-refractivity contribution >= 4 is 16.0 Å². The number of carboxylic acid groups (broad SMARTS) is 1. The highest BCUT2D eigenvalue weighted by molar-refractivity contribution is 7.88. The van der Waals surface area contributed by atoms with E-state index in [0.717, 1.165) is 12.8 Å². The minimum absolute atomic E-state index is 0.176. The summed E-state index contributed by atoms with van der Waals surface area (Å²) in [7, 11) is -3.15. The number of aliphatic carboxylic acids is 1. The maximum Gasteiger partial charge on any atom is 0.323 e. The van der Waals surface area contributed by atoms with Crippen molar-refractivity contribution in [1.82, 2.24) is 9.62 Å². The number of sulfonamides is 1. The van der Waals surface area contributed by atoms with Gasteiger partial charge in [0.15, 0.2) is 0 Å². The molecule has 1 heterocycles. The largest absolute Gasteiger partial charge is 0.480 e. The zero-order valence-corrected chi connectivity index (χ0v) is 13.4. The summed E-state index contributed by atoms with van der Waals surface area (Å²) in [5.74, 6) is -0.659. The minimum Gasteiger partial charge on any atom is -0.480 e. The second-order valence-corrected chi connectivity index (χ2v) is 7.59. The van der Waals surface area contributed by atoms with Gasteiger partial charge >= 0.3 is 5.97 Å². The third-order valence-corrected chi connectivity index (χ3v) is 5.57. The Hall–Kier alpha value is -0.660. The van der Waals surface area contributed by atoms with Crippen molar-refractivity contribution in [3.63, 3.8) is 0 Å². The van der Waals surface area contributed by atoms with Crippen molar-refractivity contribution in [2.75, 3.05) is 25.9 Å². The van der Waals surface area contributed by atoms with Gasteiger partial charge in [0, 0.05) is 19.6 Å². The Morgan fingerprint density at radius 3 is 2.45 bits per heavy atom. The predicted molar refractivity (Wildman–Crippen MR) is 78.1 cm³/mol. The summed E-state index contributed by atoms with van der Waals surface area (Å²) in [4.78, 5) is 11.4. The van der Waals surface area contributed by atoms with Crippen molar-refractivity contribution in [2.24, 2.45) is 5.92 Å². The van der Waals surface area contributed by atoms with E-state index in [2.05, 4.69) is 5.32 Å². The van der Waals surface area contributed by atoms with Gasteiger partial charge in [-0.05, 0) is 31.6 Å². The maximum absolute atomic E-state index is 11.6. The van der Waals surface area contributed by atoms with Gasteiger partial charge in [-0.1, -0.05) is 13.8 Å². The number of nitrogens with one attached hydrogen (secondary N) is 1. The number of hydrogen-bond acceptors (Lipinski definition) is 4. The van der Waals surface area contributed by atoms with Crippen LogP contribution >= 0.6 is 0 Å². The summed E-state index contributed by atoms with van der Waals surface area (Å²) < 4.78 is 24.6. The van der Waals surface area contributed by atoms with Gasteiger partial charge in [-0.15, -0.1) is 0 Å². The Morgan fingerprint density at radius 1 is 1.40 bits per heavy atom. The van der Waals surface area contributed by atoms with Gasteiger partial charge < -0.3 is 10.4 Å². The average Bonchev–Trinajstić information content (AvgIpc) is 2.39. The molecule has 1 saturated heterocycles. The minimum atomic E-state index is -3.15. The van der Waals surface area contributed by atoms with E-state index in [1.54, 1.807) is 0 Å². The van der Waals surface area contributed by atoms with E-state index in [9.17, 15) is 18.3 Å². The van der Waals surface area contributed by atoms with Gasteiger partial charge in [0.1, 0.15) is 5.54 Å². The van der Waals surface area contributed by atoms with Gasteiger partial charge in [-0.2, -0.15) is 0 Å². The number of nitrogens with zero attached hydrogens (tertiary/aromatic N) is 1. The molecule has 118 valence electrons. The number of hydrogen-bond donors (Lipinski definition) is 2. The first kappa shape index (κ1) is 17.4. The lowest BCUT2D eigenvalue weighted by Gasteiger charge is -2.34. The van der Waals surface area contributed by atoms with Gasteiger partial charge in [0.2, 0.25) is 10.0 Å². The van der Waals surface area contributed by atoms with Crippen LogP contribution in [0, 0.1) is 5.92 Å². The molecule has 0 amide bonds. The highest BCUT2D eigenvalue weighted by atomic mass is 32.2. The molecule has 20 heavy (non-hydrogen) atoms. The first-order valence-electron chi connectivity index (χ1n) is 7.18. The zero-order chi connectivity index (χ0) is 15.4. The Morgan fingerprint density at radius 2 is 2.00 bits per heavy atom. The molecule has 0 aromatic heterocycles. The molecule has 0 saturated carbocycles. The van der Waals surface area contributed by atoms with E-state index in [1.165, 1.54) is 10.6 Å². The topological polar surface area (TPSA) is 86.7 Å². The standard InChI is InChI=1S/C13H26N2O4S/c1-4-13(5-2,12(16)17)14-9-11-7-6-8-15(10-11)20(3,18)19/h11,14H,4-10H2,1-3H3,(H,16,17). The van der Waals surface area contributed by atoms with E-state index in [0.29, 0.717) is 32.5 Å². The highest BCUT2D eigenvalue weighted by Gasteiger charge is 2.35. The first-order valence-corrected chi connectivity index (χ1v) is 9.03. The molecule has 0 spiro atoms. The fourth-order valence-electron chi connectivity index (χ4n) is 2.71. The molecule has 0 bridgehead atoms. The van der Waals surface area contributed by atoms with E-state index in [-0.39, 0.29) is 5.92 Å². The van der Waals surface area contributed by atoms with Crippen LogP contribution in [-0.2, 0) is 14.8 Å². The second-order valence-electron chi connectivity index (χ2n) is 5.60. The third-order valence-electron chi connectivity index (χ3n) is 4.30. The highest BCUT2D eigenvalue weighted by Crippen LogP contribution is 2.21. The van der Waals surface area contributed by atoms with Crippen LogP contribution in [0.2, 0.25) is 0 Å². The predicted octanol–water partition coefficient (Wildman–Crippen LogP) is 0.891. The first-order chi connectivity index (χ1) is 9.25. The summed E-state index contributed by atoms with van der Waals surface area (Å²) in [6.45, 7) is 5.30. The Bertz CT molecular complexity index is 432. The maximum atomic E-state index is 11.6. The normalized spacial score (nSPS) is 21.9. The molecule has 2 N–H and O–H groups in total. The van der Waals surface area contributed by atoms with Crippen LogP contribution in [0.15, 0.2) is 0 Å². The molecule has 1 aliphatic rings. The van der Waals surface area contributed by atoms with E-state index in [4.69, 9.17) is 0 Å². The van der Waals surface area contributed by atoms with E-state index < -0.39 is 21.5 Å². The molecule has 0 aromatic carbocycles. The Kier molecular flexibility index (Phi) is 5.97. The molecule has 1 atom stereocenters. The van der Waals surface area contributed by atoms with Crippen LogP contribution in [0.3, 0.4) is 0 Å². The third kappa shape index (κ3) is 4.17. The smallest absolute Gasteiger partial charge is 0.323 e. The summed E-state index contributed by atoms with van der Waals surface area (Å²) in [5.41, 5.74) is -0.895. The Labute approximate surface area is 121 Å². The lowest BCUT2D eigenvalue weighted by molar-refractivity contribution is -0.145. The van der Waals surface area contributed by atoms with Crippen molar-refractivity contribution in [3.8, 4) is 0 Å². The lowest BCUT2D eigenvalue weighted by Crippen LogP contribution is -2.54. The van der Waals surface area contributed by atoms with Crippen LogP contribution in [0.5, 0.6) is 0 Å². The fraction of sp³-hybridized carbons (Fsp3) is 0.923. The van der Waals surface area contributed by atoms with Crippen LogP contribution < -0.4 is 5.32 Å². The van der Waals surface area contributed by atoms with Crippen LogP contribution in [0.4, 0.5) is 0 Å². The molecule has 0 aliphatic carbocycles. The van der Waals surface area contributed by atoms with Gasteiger partial charge in [0.25, 0.3) is 0 Å². The molecular weight excluding hydrogens is 280 g/mol. The molecule has 1 aliphatic heterocycles.